The van der Waals surface area contributed by atoms with E-state index in [1.807, 2.05) is 6.92 Å². The molecule has 0 spiro atoms. The Balaban J connectivity index is 1.57. The number of nitrogens with one attached hydrogen (secondary N) is 1. The highest BCUT2D eigenvalue weighted by atomic mass is 32.1. The number of aryl methyl sites for hydroxylation is 1. The summed E-state index contributed by atoms with van der Waals surface area (Å²) in [7, 11) is 0. The first kappa shape index (κ1) is 15.4. The van der Waals surface area contributed by atoms with Gasteiger partial charge in [0.15, 0.2) is 0 Å². The Labute approximate surface area is 124 Å². The molecule has 0 unspecified atom stereocenters. The Morgan fingerprint density at radius 3 is 2.95 bits per heavy atom. The average molecular weight is 296 g/mol. The molecule has 0 radical (unpaired) electrons. The zero-order valence-corrected chi connectivity index (χ0v) is 13.0. The molecule has 1 aliphatic rings. The largest absolute Gasteiger partial charge is 0.378 e. The van der Waals surface area contributed by atoms with Crippen molar-refractivity contribution >= 4 is 17.2 Å². The maximum atomic E-state index is 11.9. The van der Waals surface area contributed by atoms with Crippen molar-refractivity contribution in [1.29, 1.82) is 0 Å². The van der Waals surface area contributed by atoms with Crippen LogP contribution in [0.15, 0.2) is 6.20 Å². The Morgan fingerprint density at radius 2 is 2.25 bits per heavy atom. The quantitative estimate of drug-likeness (QED) is 0.786. The van der Waals surface area contributed by atoms with E-state index in [0.717, 1.165) is 24.5 Å². The number of hydrogen-bond acceptors (Lipinski definition) is 4. The topological polar surface area (TPSA) is 51.2 Å². The van der Waals surface area contributed by atoms with E-state index in [1.165, 1.54) is 43.4 Å². The molecule has 2 rings (SSSR count). The molecule has 0 aliphatic heterocycles. The van der Waals surface area contributed by atoms with Gasteiger partial charge in [0.1, 0.15) is 4.88 Å². The van der Waals surface area contributed by atoms with Gasteiger partial charge in [-0.05, 0) is 25.7 Å². The molecular formula is C15H24N2O2S. The second-order valence-electron chi connectivity index (χ2n) is 5.21. The molecule has 1 N–H and O–H groups in total. The first-order valence-electron chi connectivity index (χ1n) is 7.64. The van der Waals surface area contributed by atoms with Crippen molar-refractivity contribution in [2.24, 2.45) is 0 Å². The molecule has 1 heterocycles. The highest BCUT2D eigenvalue weighted by Crippen LogP contribution is 2.20. The number of ether oxygens (including phenoxy) is 1. The van der Waals surface area contributed by atoms with Gasteiger partial charge in [0, 0.05) is 13.2 Å². The van der Waals surface area contributed by atoms with E-state index in [2.05, 4.69) is 10.3 Å². The van der Waals surface area contributed by atoms with Crippen LogP contribution in [0.25, 0.3) is 0 Å². The van der Waals surface area contributed by atoms with E-state index in [0.29, 0.717) is 17.5 Å². The summed E-state index contributed by atoms with van der Waals surface area (Å²) in [5.41, 5.74) is 0. The monoisotopic (exact) mass is 296 g/mol. The van der Waals surface area contributed by atoms with Crippen LogP contribution < -0.4 is 5.32 Å². The molecule has 0 bridgehead atoms. The van der Waals surface area contributed by atoms with Gasteiger partial charge in [0.25, 0.3) is 5.91 Å². The summed E-state index contributed by atoms with van der Waals surface area (Å²) in [6.07, 6.45) is 10.2. The molecule has 1 aliphatic carbocycles. The Morgan fingerprint density at radius 1 is 1.45 bits per heavy atom. The van der Waals surface area contributed by atoms with Gasteiger partial charge in [-0.3, -0.25) is 4.79 Å². The van der Waals surface area contributed by atoms with Gasteiger partial charge in [-0.15, -0.1) is 11.3 Å². The normalized spacial score (nSPS) is 16.2. The summed E-state index contributed by atoms with van der Waals surface area (Å²) in [5.74, 6) is -0.0140. The molecule has 1 aromatic heterocycles. The van der Waals surface area contributed by atoms with Gasteiger partial charge in [-0.2, -0.15) is 0 Å². The molecule has 1 aromatic rings. The average Bonchev–Trinajstić information content (AvgIpc) is 2.97. The van der Waals surface area contributed by atoms with Gasteiger partial charge in [-0.1, -0.05) is 26.2 Å². The van der Waals surface area contributed by atoms with Crippen LogP contribution in [0.2, 0.25) is 0 Å². The van der Waals surface area contributed by atoms with Crippen molar-refractivity contribution < 1.29 is 9.53 Å². The molecule has 1 saturated carbocycles. The number of thiazole rings is 1. The SMILES string of the molecule is CCc1ncc(C(=O)NCCCOC2CCCCC2)s1. The number of hydrogen-bond donors (Lipinski definition) is 1. The molecule has 20 heavy (non-hydrogen) atoms. The highest BCUT2D eigenvalue weighted by Gasteiger charge is 2.13. The summed E-state index contributed by atoms with van der Waals surface area (Å²) in [4.78, 5) is 16.8. The van der Waals surface area contributed by atoms with Gasteiger partial charge < -0.3 is 10.1 Å². The maximum Gasteiger partial charge on any atom is 0.263 e. The number of amides is 1. The van der Waals surface area contributed by atoms with Crippen molar-refractivity contribution in [2.45, 2.75) is 58.0 Å². The molecule has 112 valence electrons. The lowest BCUT2D eigenvalue weighted by Crippen LogP contribution is -2.25. The van der Waals surface area contributed by atoms with Crippen LogP contribution in [0.4, 0.5) is 0 Å². The van der Waals surface area contributed by atoms with Crippen molar-refractivity contribution in [3.8, 4) is 0 Å². The molecular weight excluding hydrogens is 272 g/mol. The Bertz CT molecular complexity index is 414. The van der Waals surface area contributed by atoms with Crippen LogP contribution in [0.5, 0.6) is 0 Å². The van der Waals surface area contributed by atoms with E-state index in [4.69, 9.17) is 4.74 Å². The first-order valence-corrected chi connectivity index (χ1v) is 8.45. The van der Waals surface area contributed by atoms with E-state index in [1.54, 1.807) is 6.20 Å². The van der Waals surface area contributed by atoms with Crippen molar-refractivity contribution in [3.63, 3.8) is 0 Å². The van der Waals surface area contributed by atoms with Gasteiger partial charge >= 0.3 is 0 Å². The zero-order chi connectivity index (χ0) is 14.2. The molecule has 0 atom stereocenters. The van der Waals surface area contributed by atoms with E-state index in [-0.39, 0.29) is 5.91 Å². The fourth-order valence-corrected chi connectivity index (χ4v) is 3.20. The van der Waals surface area contributed by atoms with Crippen molar-refractivity contribution in [1.82, 2.24) is 10.3 Å². The maximum absolute atomic E-state index is 11.9. The number of aromatic nitrogens is 1. The summed E-state index contributed by atoms with van der Waals surface area (Å²) in [5, 5.41) is 3.94. The summed E-state index contributed by atoms with van der Waals surface area (Å²) >= 11 is 1.47. The fourth-order valence-electron chi connectivity index (χ4n) is 2.42. The smallest absolute Gasteiger partial charge is 0.263 e. The van der Waals surface area contributed by atoms with Crippen LogP contribution in [0, 0.1) is 0 Å². The third-order valence-corrected chi connectivity index (χ3v) is 4.73. The molecule has 5 heteroatoms. The minimum absolute atomic E-state index is 0.0140. The standard InChI is InChI=1S/C15H24N2O2S/c1-2-14-17-11-13(20-14)15(18)16-9-6-10-19-12-7-4-3-5-8-12/h11-12H,2-10H2,1H3,(H,16,18). The second-order valence-corrected chi connectivity index (χ2v) is 6.33. The van der Waals surface area contributed by atoms with Gasteiger partial charge in [0.2, 0.25) is 0 Å². The van der Waals surface area contributed by atoms with Crippen LogP contribution in [-0.4, -0.2) is 30.1 Å². The highest BCUT2D eigenvalue weighted by molar-refractivity contribution is 7.13. The lowest BCUT2D eigenvalue weighted by molar-refractivity contribution is 0.0273. The number of carbonyl (C=O) groups is 1. The Hall–Kier alpha value is -0.940. The molecule has 0 aromatic carbocycles. The lowest BCUT2D eigenvalue weighted by Gasteiger charge is -2.21. The minimum atomic E-state index is -0.0140. The van der Waals surface area contributed by atoms with Gasteiger partial charge in [0.05, 0.1) is 17.3 Å². The molecule has 1 amide bonds. The predicted molar refractivity (Wildman–Crippen MR) is 81.3 cm³/mol. The number of nitrogens with zero attached hydrogens (tertiary/aromatic N) is 1. The second kappa shape index (κ2) is 8.37. The summed E-state index contributed by atoms with van der Waals surface area (Å²) < 4.78 is 5.83. The summed E-state index contributed by atoms with van der Waals surface area (Å²) in [6, 6.07) is 0. The van der Waals surface area contributed by atoms with Crippen molar-refractivity contribution in [2.75, 3.05) is 13.2 Å². The van der Waals surface area contributed by atoms with Crippen LogP contribution >= 0.6 is 11.3 Å². The lowest BCUT2D eigenvalue weighted by atomic mass is 9.98. The third-order valence-electron chi connectivity index (χ3n) is 3.59. The van der Waals surface area contributed by atoms with Gasteiger partial charge in [-0.25, -0.2) is 4.98 Å². The van der Waals surface area contributed by atoms with E-state index in [9.17, 15) is 4.79 Å². The molecule has 4 nitrogen and oxygen atoms in total. The summed E-state index contributed by atoms with van der Waals surface area (Å²) in [6.45, 7) is 3.46. The first-order chi connectivity index (χ1) is 9.79. The van der Waals surface area contributed by atoms with Crippen molar-refractivity contribution in [3.05, 3.63) is 16.1 Å². The third kappa shape index (κ3) is 4.87. The minimum Gasteiger partial charge on any atom is -0.378 e. The van der Waals surface area contributed by atoms with Crippen LogP contribution in [0.3, 0.4) is 0 Å². The number of rotatable bonds is 7. The number of carbonyl (C=O) groups excluding carboxylic acids is 1. The zero-order valence-electron chi connectivity index (χ0n) is 12.2. The Kier molecular flexibility index (Phi) is 6.47. The molecule has 0 saturated heterocycles. The molecule has 1 fully saturated rings. The predicted octanol–water partition coefficient (Wildman–Crippen LogP) is 3.17. The van der Waals surface area contributed by atoms with Crippen LogP contribution in [0.1, 0.15) is 60.1 Å². The van der Waals surface area contributed by atoms with Crippen LogP contribution in [-0.2, 0) is 11.2 Å². The van der Waals surface area contributed by atoms with E-state index < -0.39 is 0 Å². The fraction of sp³-hybridized carbons (Fsp3) is 0.733. The van der Waals surface area contributed by atoms with E-state index >= 15 is 0 Å².